The molecule has 0 aromatic carbocycles. The van der Waals surface area contributed by atoms with Gasteiger partial charge in [0.1, 0.15) is 35.4 Å². The number of hydrogen-bond acceptors (Lipinski definition) is 6. The van der Waals surface area contributed by atoms with Crippen LogP contribution in [-0.2, 0) is 35.0 Å². The largest absolute Gasteiger partial charge is 0.469 e. The lowest BCUT2D eigenvalue weighted by atomic mass is 10.2. The number of sulfone groups is 1. The van der Waals surface area contributed by atoms with Crippen LogP contribution in [0.3, 0.4) is 0 Å². The first-order chi connectivity index (χ1) is 15.6. The Bertz CT molecular complexity index is 610. The van der Waals surface area contributed by atoms with Crippen molar-refractivity contribution in [2.24, 2.45) is 0 Å². The van der Waals surface area contributed by atoms with Gasteiger partial charge in [0, 0.05) is 61.0 Å². The van der Waals surface area contributed by atoms with Gasteiger partial charge in [-0.15, -0.1) is 0 Å². The molecule has 0 aromatic heterocycles. The van der Waals surface area contributed by atoms with Gasteiger partial charge in [-0.05, 0) is 39.0 Å². The average molecular weight is 547 g/mol. The molecule has 1 unspecified atom stereocenters. The highest BCUT2D eigenvalue weighted by molar-refractivity contribution is 7.90. The molecule has 1 atom stereocenters. The zero-order valence-corrected chi connectivity index (χ0v) is 25.9. The Morgan fingerprint density at radius 3 is 1.31 bits per heavy atom. The van der Waals surface area contributed by atoms with Crippen LogP contribution in [0.15, 0.2) is 0 Å². The minimum atomic E-state index is -2.67. The van der Waals surface area contributed by atoms with E-state index in [1.54, 1.807) is 13.2 Å². The predicted molar refractivity (Wildman–Crippen MR) is 156 cm³/mol. The fraction of sp³-hybridized carbons (Fsp3) is 0.885. The fourth-order valence-electron chi connectivity index (χ4n) is 1.90. The first kappa shape index (κ1) is 47.1. The normalized spacial score (nSPS) is 9.94. The molecule has 0 heterocycles. The number of methoxy groups -OCH3 is 1. The SMILES string of the molecule is C.CCCC(=O)OC.CCCC(C)=O.CCCC(C)=[N+](C)C.CCCS(C)(=O)=O.CCCS(C)=O. The number of rotatable bonds is 10. The molecule has 0 aromatic rings. The van der Waals surface area contributed by atoms with Gasteiger partial charge >= 0.3 is 5.97 Å². The van der Waals surface area contributed by atoms with E-state index in [1.807, 2.05) is 27.7 Å². The van der Waals surface area contributed by atoms with Gasteiger partial charge in [0.25, 0.3) is 0 Å². The standard InChI is InChI=1S/C7H16N.C5H10O2.C5H10O.C4H10O2S.C4H10OS.CH4/c1-5-6-7(2)8(3)4;1-3-4-5(6)7-2;1-3-4-5(2)6;1-3-4-7(2,5)6;1-3-4-6(2)5;/h5-6H2,1-4H3;3-4H2,1-2H3;3-4H2,1-2H3;3-4H2,1-2H3;3-4H2,1-2H3;1H4/q+1;;;;;. The Morgan fingerprint density at radius 2 is 1.26 bits per heavy atom. The van der Waals surface area contributed by atoms with E-state index in [-0.39, 0.29) is 19.2 Å². The second kappa shape index (κ2) is 35.1. The van der Waals surface area contributed by atoms with Crippen molar-refractivity contribution in [3.63, 3.8) is 0 Å². The number of carbonyl (C=O) groups excluding carboxylic acids is 2. The number of nitrogens with zero attached hydrogens (tertiary/aromatic N) is 1. The lowest BCUT2D eigenvalue weighted by Gasteiger charge is -1.92. The van der Waals surface area contributed by atoms with Gasteiger partial charge in [-0.1, -0.05) is 42.0 Å². The lowest BCUT2D eigenvalue weighted by Crippen LogP contribution is -2.08. The second-order valence-corrected chi connectivity index (χ2v) is 11.9. The Labute approximate surface area is 221 Å². The number of esters is 1. The van der Waals surface area contributed by atoms with E-state index in [0.29, 0.717) is 12.2 Å². The van der Waals surface area contributed by atoms with Crippen molar-refractivity contribution in [3.05, 3.63) is 0 Å². The van der Waals surface area contributed by atoms with E-state index in [1.165, 1.54) is 31.9 Å². The van der Waals surface area contributed by atoms with E-state index >= 15 is 0 Å². The highest BCUT2D eigenvalue weighted by Crippen LogP contribution is 1.88. The molecular formula is C26H60NO6S2+. The van der Waals surface area contributed by atoms with Crippen LogP contribution >= 0.6 is 0 Å². The molecule has 9 heteroatoms. The van der Waals surface area contributed by atoms with Crippen molar-refractivity contribution in [1.82, 2.24) is 0 Å². The third kappa shape index (κ3) is 71.9. The lowest BCUT2D eigenvalue weighted by molar-refractivity contribution is -0.466. The first-order valence-corrected chi connectivity index (χ1v) is 15.9. The van der Waals surface area contributed by atoms with Gasteiger partial charge in [0.15, 0.2) is 0 Å². The molecule has 0 radical (unpaired) electrons. The monoisotopic (exact) mass is 546 g/mol. The molecule has 35 heavy (non-hydrogen) atoms. The van der Waals surface area contributed by atoms with Gasteiger partial charge in [0.2, 0.25) is 0 Å². The van der Waals surface area contributed by atoms with E-state index in [9.17, 15) is 22.2 Å². The Hall–Kier alpha value is -1.09. The van der Waals surface area contributed by atoms with E-state index in [0.717, 1.165) is 37.9 Å². The van der Waals surface area contributed by atoms with Crippen LogP contribution in [0, 0.1) is 0 Å². The van der Waals surface area contributed by atoms with Gasteiger partial charge in [-0.2, -0.15) is 0 Å². The summed E-state index contributed by atoms with van der Waals surface area (Å²) in [4.78, 5) is 20.2. The van der Waals surface area contributed by atoms with Crippen molar-refractivity contribution in [3.8, 4) is 0 Å². The summed E-state index contributed by atoms with van der Waals surface area (Å²) in [5.74, 6) is 1.33. The minimum absolute atomic E-state index is 0. The van der Waals surface area contributed by atoms with Crippen LogP contribution in [0.2, 0.25) is 0 Å². The molecule has 0 N–H and O–H groups in total. The maximum absolute atomic E-state index is 10.2. The van der Waals surface area contributed by atoms with Crippen LogP contribution in [0.25, 0.3) is 0 Å². The molecule has 0 aliphatic heterocycles. The molecular weight excluding hydrogens is 486 g/mol. The zero-order valence-electron chi connectivity index (χ0n) is 24.3. The van der Waals surface area contributed by atoms with E-state index < -0.39 is 20.6 Å². The second-order valence-electron chi connectivity index (χ2n) is 8.07. The summed E-state index contributed by atoms with van der Waals surface area (Å²) in [6.45, 7) is 13.8. The molecule has 0 spiro atoms. The summed E-state index contributed by atoms with van der Waals surface area (Å²) in [6, 6.07) is 0. The Morgan fingerprint density at radius 1 is 0.829 bits per heavy atom. The fourth-order valence-corrected chi connectivity index (χ4v) is 3.22. The van der Waals surface area contributed by atoms with Gasteiger partial charge < -0.3 is 9.53 Å². The van der Waals surface area contributed by atoms with Crippen LogP contribution < -0.4 is 0 Å². The summed E-state index contributed by atoms with van der Waals surface area (Å²) in [5.41, 5.74) is 1.47. The highest BCUT2D eigenvalue weighted by Gasteiger charge is 1.96. The number of hydrogen-bond donors (Lipinski definition) is 0. The van der Waals surface area contributed by atoms with Crippen molar-refractivity contribution in [1.29, 1.82) is 0 Å². The molecule has 0 saturated carbocycles. The number of Topliss-reactive ketones (excluding diaryl/α,β-unsaturated/α-hetero) is 1. The minimum Gasteiger partial charge on any atom is -0.469 e. The van der Waals surface area contributed by atoms with E-state index in [4.69, 9.17) is 0 Å². The van der Waals surface area contributed by atoms with Crippen LogP contribution in [-0.4, -0.2) is 79.9 Å². The molecule has 0 amide bonds. The van der Waals surface area contributed by atoms with Crippen LogP contribution in [0.4, 0.5) is 0 Å². The molecule has 0 saturated heterocycles. The van der Waals surface area contributed by atoms with Crippen LogP contribution in [0.1, 0.15) is 107 Å². The molecule has 7 nitrogen and oxygen atoms in total. The van der Waals surface area contributed by atoms with Crippen molar-refractivity contribution >= 4 is 38.1 Å². The van der Waals surface area contributed by atoms with E-state index in [2.05, 4.69) is 37.3 Å². The third-order valence-corrected chi connectivity index (χ3v) is 5.86. The third-order valence-electron chi connectivity index (χ3n) is 3.73. The summed E-state index contributed by atoms with van der Waals surface area (Å²) >= 11 is 0. The predicted octanol–water partition coefficient (Wildman–Crippen LogP) is 5.71. The molecule has 0 fully saturated rings. The summed E-state index contributed by atoms with van der Waals surface area (Å²) < 4.78 is 37.1. The van der Waals surface area contributed by atoms with Crippen molar-refractivity contribution in [2.75, 3.05) is 45.2 Å². The first-order valence-electron chi connectivity index (χ1n) is 12.1. The van der Waals surface area contributed by atoms with Gasteiger partial charge in [-0.3, -0.25) is 9.00 Å². The van der Waals surface area contributed by atoms with Gasteiger partial charge in [-0.25, -0.2) is 13.0 Å². The molecule has 0 aliphatic carbocycles. The zero-order chi connectivity index (χ0) is 28.2. The summed E-state index contributed by atoms with van der Waals surface area (Å²) in [6.07, 6.45) is 10.3. The number of ketones is 1. The number of ether oxygens (including phenoxy) is 1. The van der Waals surface area contributed by atoms with Gasteiger partial charge in [0.05, 0.1) is 7.11 Å². The summed E-state index contributed by atoms with van der Waals surface area (Å²) in [5, 5.41) is 0. The summed E-state index contributed by atoms with van der Waals surface area (Å²) in [7, 11) is 2.34. The Balaban J connectivity index is -0.0000000749. The average Bonchev–Trinajstić information content (AvgIpc) is 2.69. The molecule has 0 bridgehead atoms. The molecule has 0 rings (SSSR count). The van der Waals surface area contributed by atoms with Crippen molar-refractivity contribution in [2.45, 2.75) is 107 Å². The highest BCUT2D eigenvalue weighted by atomic mass is 32.2. The molecule has 216 valence electrons. The Kier molecular flexibility index (Phi) is 47.2. The smallest absolute Gasteiger partial charge is 0.305 e. The molecule has 0 aliphatic rings. The maximum Gasteiger partial charge on any atom is 0.305 e. The topological polar surface area (TPSA) is 97.6 Å². The van der Waals surface area contributed by atoms with Crippen molar-refractivity contribution < 1.29 is 31.5 Å². The maximum atomic E-state index is 10.2. The quantitative estimate of drug-likeness (QED) is 0.198. The van der Waals surface area contributed by atoms with Crippen LogP contribution in [0.5, 0.6) is 0 Å². The number of carbonyl (C=O) groups is 2.